The average molecular weight is 599 g/mol. The molecule has 0 saturated heterocycles. The molecule has 2 aromatic heterocycles. The maximum Gasteiger partial charge on any atom is 0.270 e. The van der Waals surface area contributed by atoms with Crippen LogP contribution in [0.1, 0.15) is 60.4 Å². The van der Waals surface area contributed by atoms with Crippen LogP contribution in [0.4, 0.5) is 0 Å². The first-order chi connectivity index (χ1) is 20.7. The van der Waals surface area contributed by atoms with Crippen molar-refractivity contribution in [3.05, 3.63) is 95.4 Å². The third-order valence-corrected chi connectivity index (χ3v) is 9.40. The Bertz CT molecular complexity index is 1640. The molecule has 9 nitrogen and oxygen atoms in total. The molecule has 6 rings (SSSR count). The number of amides is 1. The summed E-state index contributed by atoms with van der Waals surface area (Å²) >= 11 is -1.35. The van der Waals surface area contributed by atoms with Crippen LogP contribution in [0, 0.1) is 0 Å². The maximum absolute atomic E-state index is 13.7. The van der Waals surface area contributed by atoms with Gasteiger partial charge in [-0.15, -0.1) is 4.31 Å². The van der Waals surface area contributed by atoms with Crippen LogP contribution in [0.2, 0.25) is 0 Å². The predicted octanol–water partition coefficient (Wildman–Crippen LogP) is 5.17. The van der Waals surface area contributed by atoms with E-state index in [1.165, 1.54) is 0 Å². The lowest BCUT2D eigenvalue weighted by atomic mass is 9.94. The Hall–Kier alpha value is -3.96. The molecule has 2 aliphatic rings. The minimum atomic E-state index is -1.35. The molecule has 2 aromatic carbocycles. The van der Waals surface area contributed by atoms with Gasteiger partial charge in [0.05, 0.1) is 18.3 Å². The molecule has 0 aliphatic carbocycles. The number of rotatable bonds is 8. The Kier molecular flexibility index (Phi) is 8.11. The van der Waals surface area contributed by atoms with Crippen molar-refractivity contribution in [2.45, 2.75) is 51.1 Å². The highest BCUT2D eigenvalue weighted by Crippen LogP contribution is 2.45. The second-order valence-corrected chi connectivity index (χ2v) is 13.8. The van der Waals surface area contributed by atoms with Gasteiger partial charge in [-0.2, -0.15) is 0 Å². The van der Waals surface area contributed by atoms with Crippen LogP contribution in [0.25, 0.3) is 22.4 Å². The molecule has 10 heteroatoms. The van der Waals surface area contributed by atoms with Gasteiger partial charge in [-0.3, -0.25) is 9.78 Å². The van der Waals surface area contributed by atoms with Gasteiger partial charge in [0, 0.05) is 53.6 Å². The molecule has 0 spiro atoms. The molecule has 1 unspecified atom stereocenters. The van der Waals surface area contributed by atoms with Gasteiger partial charge in [-0.25, -0.2) is 4.98 Å². The van der Waals surface area contributed by atoms with Crippen molar-refractivity contribution in [3.63, 3.8) is 0 Å². The first kappa shape index (κ1) is 29.1. The Morgan fingerprint density at radius 1 is 1.07 bits per heavy atom. The van der Waals surface area contributed by atoms with E-state index in [4.69, 9.17) is 14.5 Å². The van der Waals surface area contributed by atoms with Gasteiger partial charge in [0.1, 0.15) is 10.4 Å². The summed E-state index contributed by atoms with van der Waals surface area (Å²) in [4.78, 5) is 22.7. The monoisotopic (exact) mass is 598 g/mol. The van der Waals surface area contributed by atoms with E-state index < -0.39 is 16.1 Å². The van der Waals surface area contributed by atoms with E-state index in [0.717, 1.165) is 33.4 Å². The van der Waals surface area contributed by atoms with E-state index in [-0.39, 0.29) is 37.6 Å². The van der Waals surface area contributed by atoms with Crippen molar-refractivity contribution < 1.29 is 23.9 Å². The summed E-state index contributed by atoms with van der Waals surface area (Å²) in [5.74, 6) is 1.02. The van der Waals surface area contributed by atoms with Crippen LogP contribution in [0.15, 0.2) is 73.1 Å². The first-order valence-electron chi connectivity index (χ1n) is 14.2. The summed E-state index contributed by atoms with van der Waals surface area (Å²) in [6.07, 6.45) is 3.93. The number of carbonyl (C=O) groups excluding carboxylic acids is 1. The minimum Gasteiger partial charge on any atom is -0.597 e. The molecule has 0 fully saturated rings. The highest BCUT2D eigenvalue weighted by atomic mass is 32.2. The largest absolute Gasteiger partial charge is 0.597 e. The van der Waals surface area contributed by atoms with Crippen LogP contribution >= 0.6 is 0 Å². The van der Waals surface area contributed by atoms with Crippen LogP contribution in [0.3, 0.4) is 0 Å². The Labute approximate surface area is 254 Å². The number of hydrogen-bond donors (Lipinski definition) is 2. The summed E-state index contributed by atoms with van der Waals surface area (Å²) in [7, 11) is 0. The molecule has 43 heavy (non-hydrogen) atoms. The number of aliphatic hydroxyl groups excluding tert-OH is 1. The fraction of sp³-hybridized carbons (Fsp3) is 0.303. The van der Waals surface area contributed by atoms with Crippen molar-refractivity contribution in [1.29, 1.82) is 0 Å². The molecular formula is C33H34N4O5S. The summed E-state index contributed by atoms with van der Waals surface area (Å²) in [5, 5.41) is 13.0. The summed E-state index contributed by atoms with van der Waals surface area (Å²) in [6, 6.07) is 18.9. The molecule has 0 radical (unpaired) electrons. The van der Waals surface area contributed by atoms with E-state index >= 15 is 0 Å². The lowest BCUT2D eigenvalue weighted by Crippen LogP contribution is -2.42. The second-order valence-electron chi connectivity index (χ2n) is 11.6. The van der Waals surface area contributed by atoms with E-state index in [1.807, 2.05) is 79.7 Å². The topological polar surface area (TPSA) is 120 Å². The Balaban J connectivity index is 1.40. The number of nitrogens with zero attached hydrogens (tertiary/aromatic N) is 3. The van der Waals surface area contributed by atoms with Gasteiger partial charge in [-0.1, -0.05) is 30.3 Å². The lowest BCUT2D eigenvalue weighted by molar-refractivity contribution is 0.0945. The van der Waals surface area contributed by atoms with Crippen molar-refractivity contribution >= 4 is 17.3 Å². The van der Waals surface area contributed by atoms with Gasteiger partial charge >= 0.3 is 0 Å². The molecule has 4 heterocycles. The number of benzene rings is 2. The van der Waals surface area contributed by atoms with E-state index in [9.17, 15) is 14.5 Å². The van der Waals surface area contributed by atoms with Gasteiger partial charge < -0.3 is 24.4 Å². The van der Waals surface area contributed by atoms with Crippen molar-refractivity contribution in [1.82, 2.24) is 19.6 Å². The third-order valence-electron chi connectivity index (χ3n) is 7.54. The minimum absolute atomic E-state index is 0.0745. The fourth-order valence-corrected chi connectivity index (χ4v) is 6.91. The van der Waals surface area contributed by atoms with E-state index in [1.54, 1.807) is 18.5 Å². The second kappa shape index (κ2) is 12.0. The summed E-state index contributed by atoms with van der Waals surface area (Å²) in [6.45, 7) is 6.59. The molecule has 2 aliphatic heterocycles. The quantitative estimate of drug-likeness (QED) is 0.267. The SMILES string of the molecule is CC(C)(C)[S+]([O-])N1Cc2cc(C(=O)NCc3ccc4c(c3)OCO4)nc(-c3cccc(-c4cccnc4)c3)c2[C@H]1CCO. The highest BCUT2D eigenvalue weighted by molar-refractivity contribution is 7.90. The smallest absolute Gasteiger partial charge is 0.270 e. The number of pyridine rings is 2. The Morgan fingerprint density at radius 3 is 2.63 bits per heavy atom. The summed E-state index contributed by atoms with van der Waals surface area (Å²) in [5.41, 5.74) is 6.30. The number of aliphatic hydroxyl groups is 1. The van der Waals surface area contributed by atoms with Gasteiger partial charge in [0.2, 0.25) is 6.79 Å². The predicted molar refractivity (Wildman–Crippen MR) is 165 cm³/mol. The Morgan fingerprint density at radius 2 is 1.86 bits per heavy atom. The lowest BCUT2D eigenvalue weighted by Gasteiger charge is -2.33. The van der Waals surface area contributed by atoms with E-state index in [0.29, 0.717) is 30.2 Å². The van der Waals surface area contributed by atoms with Crippen LogP contribution in [-0.2, 0) is 24.5 Å². The molecule has 2 atom stereocenters. The highest BCUT2D eigenvalue weighted by Gasteiger charge is 2.45. The number of fused-ring (bicyclic) bond motifs is 2. The molecular weight excluding hydrogens is 564 g/mol. The van der Waals surface area contributed by atoms with Crippen molar-refractivity contribution in [2.75, 3.05) is 13.4 Å². The summed E-state index contributed by atoms with van der Waals surface area (Å²) < 4.78 is 26.0. The first-order valence-corrected chi connectivity index (χ1v) is 15.3. The molecule has 0 bridgehead atoms. The van der Waals surface area contributed by atoms with Crippen LogP contribution in [0.5, 0.6) is 11.5 Å². The van der Waals surface area contributed by atoms with Crippen molar-refractivity contribution in [2.24, 2.45) is 0 Å². The zero-order valence-corrected chi connectivity index (χ0v) is 25.2. The van der Waals surface area contributed by atoms with Gasteiger partial charge in [0.15, 0.2) is 11.5 Å². The standard InChI is InChI=1S/C33H34N4O5S/c1-33(2,3)43(40)37-19-25-16-26(32(39)35-17-21-9-10-28-29(14-21)42-20-41-28)36-31(30(25)27(37)11-13-38)23-7-4-6-22(15-23)24-8-5-12-34-18-24/h4-10,12,14-16,18,27,38H,11,13,17,19-20H2,1-3H3,(H,35,39)/t27-,43?/m1/s1. The van der Waals surface area contributed by atoms with E-state index in [2.05, 4.69) is 10.3 Å². The number of carbonyl (C=O) groups is 1. The van der Waals surface area contributed by atoms with Gasteiger partial charge in [0.25, 0.3) is 5.91 Å². The molecule has 1 amide bonds. The molecule has 0 saturated carbocycles. The zero-order valence-electron chi connectivity index (χ0n) is 24.4. The third kappa shape index (κ3) is 5.96. The van der Waals surface area contributed by atoms with Crippen LogP contribution < -0.4 is 14.8 Å². The molecule has 2 N–H and O–H groups in total. The number of nitrogens with one attached hydrogen (secondary N) is 1. The molecule has 4 aromatic rings. The van der Waals surface area contributed by atoms with Crippen LogP contribution in [-0.4, -0.2) is 48.0 Å². The zero-order chi connectivity index (χ0) is 30.1. The number of ether oxygens (including phenoxy) is 2. The average Bonchev–Trinajstić information content (AvgIpc) is 3.63. The maximum atomic E-state index is 13.7. The number of aromatic nitrogens is 2. The van der Waals surface area contributed by atoms with Gasteiger partial charge in [-0.05, 0) is 74.2 Å². The fourth-order valence-electron chi connectivity index (χ4n) is 5.51. The number of hydrogen-bond acceptors (Lipinski definition) is 8. The normalized spacial score (nSPS) is 16.6. The van der Waals surface area contributed by atoms with Crippen molar-refractivity contribution in [3.8, 4) is 33.9 Å². The molecule has 222 valence electrons.